The second-order valence-corrected chi connectivity index (χ2v) is 3.46. The minimum Gasteiger partial charge on any atom is -0.375 e. The standard InChI is InChI=1S/C10H10N4S/c11-10(15)14-13-6-7-2-1-3-9-8(7)4-5-12-9/h1-6,12H,(H3,11,14,15)/b13-6+. The Balaban J connectivity index is 2.31. The van der Waals surface area contributed by atoms with E-state index in [1.165, 1.54) is 0 Å². The van der Waals surface area contributed by atoms with Gasteiger partial charge in [0.25, 0.3) is 0 Å². The summed E-state index contributed by atoms with van der Waals surface area (Å²) < 4.78 is 0. The number of nitrogens with zero attached hydrogens (tertiary/aromatic N) is 1. The van der Waals surface area contributed by atoms with Crippen molar-refractivity contribution in [1.29, 1.82) is 0 Å². The van der Waals surface area contributed by atoms with Gasteiger partial charge in [-0.3, -0.25) is 5.43 Å². The van der Waals surface area contributed by atoms with Gasteiger partial charge in [0.05, 0.1) is 6.21 Å². The zero-order valence-corrected chi connectivity index (χ0v) is 8.71. The lowest BCUT2D eigenvalue weighted by molar-refractivity contribution is 1.04. The fraction of sp³-hybridized carbons (Fsp3) is 0. The van der Waals surface area contributed by atoms with E-state index in [9.17, 15) is 0 Å². The molecule has 1 heterocycles. The van der Waals surface area contributed by atoms with Crippen LogP contribution in [0.3, 0.4) is 0 Å². The molecule has 0 saturated heterocycles. The molecule has 4 N–H and O–H groups in total. The third kappa shape index (κ3) is 2.13. The van der Waals surface area contributed by atoms with Crippen molar-refractivity contribution < 1.29 is 0 Å². The summed E-state index contributed by atoms with van der Waals surface area (Å²) in [5.74, 6) is 0. The number of aromatic amines is 1. The van der Waals surface area contributed by atoms with Crippen molar-refractivity contribution in [1.82, 2.24) is 10.4 Å². The quantitative estimate of drug-likeness (QED) is 0.405. The van der Waals surface area contributed by atoms with Gasteiger partial charge in [-0.15, -0.1) is 0 Å². The van der Waals surface area contributed by atoms with Gasteiger partial charge in [0.1, 0.15) is 0 Å². The highest BCUT2D eigenvalue weighted by Crippen LogP contribution is 2.15. The first-order valence-corrected chi connectivity index (χ1v) is 4.83. The first-order chi connectivity index (χ1) is 7.27. The molecule has 0 aliphatic carbocycles. The van der Waals surface area contributed by atoms with Gasteiger partial charge >= 0.3 is 0 Å². The van der Waals surface area contributed by atoms with Gasteiger partial charge in [0.2, 0.25) is 0 Å². The van der Waals surface area contributed by atoms with Crippen LogP contribution in [0.15, 0.2) is 35.6 Å². The molecule has 1 aromatic carbocycles. The molecule has 0 saturated carbocycles. The second kappa shape index (κ2) is 4.10. The summed E-state index contributed by atoms with van der Waals surface area (Å²) in [5.41, 5.74) is 9.86. The SMILES string of the molecule is NC(=S)N/N=C/c1cccc2[nH]ccc12. The molecule has 0 bridgehead atoms. The Hall–Kier alpha value is -1.88. The molecule has 2 rings (SSSR count). The first kappa shape index (κ1) is 9.67. The predicted octanol–water partition coefficient (Wildman–Crippen LogP) is 1.33. The maximum absolute atomic E-state index is 5.25. The van der Waals surface area contributed by atoms with Crippen LogP contribution in [-0.4, -0.2) is 16.3 Å². The minimum absolute atomic E-state index is 0.160. The molecule has 0 amide bonds. The predicted molar refractivity (Wildman–Crippen MR) is 65.8 cm³/mol. The van der Waals surface area contributed by atoms with Gasteiger partial charge in [-0.05, 0) is 24.4 Å². The molecule has 5 heteroatoms. The van der Waals surface area contributed by atoms with E-state index in [-0.39, 0.29) is 5.11 Å². The molecule has 0 radical (unpaired) electrons. The van der Waals surface area contributed by atoms with Crippen molar-refractivity contribution in [2.75, 3.05) is 0 Å². The third-order valence-electron chi connectivity index (χ3n) is 2.01. The first-order valence-electron chi connectivity index (χ1n) is 4.42. The van der Waals surface area contributed by atoms with Gasteiger partial charge in [0.15, 0.2) is 5.11 Å². The topological polar surface area (TPSA) is 66.2 Å². The van der Waals surface area contributed by atoms with Crippen molar-refractivity contribution in [3.8, 4) is 0 Å². The number of hydrogen-bond donors (Lipinski definition) is 3. The summed E-state index contributed by atoms with van der Waals surface area (Å²) in [6, 6.07) is 7.94. The van der Waals surface area contributed by atoms with Crippen LogP contribution in [0.5, 0.6) is 0 Å². The summed E-state index contributed by atoms with van der Waals surface area (Å²) in [6.07, 6.45) is 3.58. The van der Waals surface area contributed by atoms with Crippen LogP contribution in [0.25, 0.3) is 10.9 Å². The monoisotopic (exact) mass is 218 g/mol. The Morgan fingerprint density at radius 2 is 2.33 bits per heavy atom. The summed E-state index contributed by atoms with van der Waals surface area (Å²) in [6.45, 7) is 0. The summed E-state index contributed by atoms with van der Waals surface area (Å²) in [5, 5.41) is 5.19. The lowest BCUT2D eigenvalue weighted by Crippen LogP contribution is -2.23. The Kier molecular flexibility index (Phi) is 2.64. The molecule has 0 spiro atoms. The lowest BCUT2D eigenvalue weighted by Gasteiger charge is -1.97. The number of hydrazone groups is 1. The van der Waals surface area contributed by atoms with E-state index in [2.05, 4.69) is 27.7 Å². The van der Waals surface area contributed by atoms with Gasteiger partial charge in [-0.1, -0.05) is 12.1 Å². The number of H-pyrrole nitrogens is 1. The Labute approximate surface area is 92.2 Å². The number of thiocarbonyl (C=S) groups is 1. The average molecular weight is 218 g/mol. The third-order valence-corrected chi connectivity index (χ3v) is 2.10. The number of nitrogens with two attached hydrogens (primary N) is 1. The summed E-state index contributed by atoms with van der Waals surface area (Å²) in [4.78, 5) is 3.13. The van der Waals surface area contributed by atoms with Crippen LogP contribution in [0.1, 0.15) is 5.56 Å². The van der Waals surface area contributed by atoms with Crippen molar-refractivity contribution in [2.45, 2.75) is 0 Å². The van der Waals surface area contributed by atoms with Gasteiger partial charge in [-0.25, -0.2) is 0 Å². The molecule has 0 fully saturated rings. The summed E-state index contributed by atoms with van der Waals surface area (Å²) in [7, 11) is 0. The zero-order valence-electron chi connectivity index (χ0n) is 7.90. The van der Waals surface area contributed by atoms with E-state index in [1.54, 1.807) is 6.21 Å². The molecule has 0 aliphatic heterocycles. The highest BCUT2D eigenvalue weighted by atomic mass is 32.1. The summed E-state index contributed by atoms with van der Waals surface area (Å²) >= 11 is 4.64. The van der Waals surface area contributed by atoms with Crippen LogP contribution >= 0.6 is 12.2 Å². The highest BCUT2D eigenvalue weighted by molar-refractivity contribution is 7.80. The largest absolute Gasteiger partial charge is 0.375 e. The van der Waals surface area contributed by atoms with E-state index >= 15 is 0 Å². The van der Waals surface area contributed by atoms with E-state index < -0.39 is 0 Å². The molecule has 0 atom stereocenters. The number of benzene rings is 1. The normalized spacial score (nSPS) is 10.9. The van der Waals surface area contributed by atoms with E-state index in [4.69, 9.17) is 5.73 Å². The fourth-order valence-corrected chi connectivity index (χ4v) is 1.44. The van der Waals surface area contributed by atoms with E-state index in [0.29, 0.717) is 0 Å². The van der Waals surface area contributed by atoms with Crippen LogP contribution in [-0.2, 0) is 0 Å². The number of nitrogens with one attached hydrogen (secondary N) is 2. The van der Waals surface area contributed by atoms with Crippen LogP contribution in [0, 0.1) is 0 Å². The molecule has 2 aromatic rings. The van der Waals surface area contributed by atoms with Crippen molar-refractivity contribution >= 4 is 34.4 Å². The molecular formula is C10H10N4S. The Morgan fingerprint density at radius 3 is 3.13 bits per heavy atom. The fourth-order valence-electron chi connectivity index (χ4n) is 1.39. The van der Waals surface area contributed by atoms with Gasteiger partial charge in [-0.2, -0.15) is 5.10 Å². The number of hydrogen-bond acceptors (Lipinski definition) is 2. The maximum atomic E-state index is 5.25. The average Bonchev–Trinajstić information content (AvgIpc) is 2.65. The minimum atomic E-state index is 0.160. The van der Waals surface area contributed by atoms with Crippen LogP contribution < -0.4 is 11.2 Å². The van der Waals surface area contributed by atoms with Gasteiger partial charge in [0, 0.05) is 22.7 Å². The van der Waals surface area contributed by atoms with Crippen molar-refractivity contribution in [3.05, 3.63) is 36.0 Å². The van der Waals surface area contributed by atoms with E-state index in [1.807, 2.05) is 30.5 Å². The van der Waals surface area contributed by atoms with Crippen molar-refractivity contribution in [2.24, 2.45) is 10.8 Å². The molecular weight excluding hydrogens is 208 g/mol. The van der Waals surface area contributed by atoms with Crippen LogP contribution in [0.2, 0.25) is 0 Å². The smallest absolute Gasteiger partial charge is 0.184 e. The van der Waals surface area contributed by atoms with Crippen molar-refractivity contribution in [3.63, 3.8) is 0 Å². The highest BCUT2D eigenvalue weighted by Gasteiger charge is 1.97. The number of aromatic nitrogens is 1. The number of fused-ring (bicyclic) bond motifs is 1. The maximum Gasteiger partial charge on any atom is 0.184 e. The van der Waals surface area contributed by atoms with E-state index in [0.717, 1.165) is 16.5 Å². The Morgan fingerprint density at radius 1 is 1.47 bits per heavy atom. The lowest BCUT2D eigenvalue weighted by atomic mass is 10.1. The molecule has 4 nitrogen and oxygen atoms in total. The van der Waals surface area contributed by atoms with Gasteiger partial charge < -0.3 is 10.7 Å². The zero-order chi connectivity index (χ0) is 10.7. The number of rotatable bonds is 2. The molecule has 15 heavy (non-hydrogen) atoms. The Bertz CT molecular complexity index is 515. The second-order valence-electron chi connectivity index (χ2n) is 3.02. The molecule has 1 aromatic heterocycles. The molecule has 0 aliphatic rings. The molecule has 0 unspecified atom stereocenters. The molecule has 76 valence electrons. The van der Waals surface area contributed by atoms with Crippen LogP contribution in [0.4, 0.5) is 0 Å².